The minimum absolute atomic E-state index is 0.0248. The van der Waals surface area contributed by atoms with Crippen LogP contribution in [0.1, 0.15) is 285 Å². The Morgan fingerprint density at radius 2 is 0.899 bits per heavy atom. The number of ether oxygens (including phenoxy) is 9. The fourth-order valence-electron chi connectivity index (χ4n) is 11.4. The average Bonchev–Trinajstić information content (AvgIpc) is 0.966. The maximum atomic E-state index is 14.0. The topological polar surface area (TPSA) is 288 Å². The van der Waals surface area contributed by atoms with Crippen molar-refractivity contribution in [1.29, 1.82) is 0 Å². The van der Waals surface area contributed by atoms with Gasteiger partial charge in [0.1, 0.15) is 48.8 Å². The molecule has 524 valence electrons. The minimum atomic E-state index is -5.44. The van der Waals surface area contributed by atoms with E-state index in [2.05, 4.69) is 39.8 Å². The molecule has 2 fully saturated rings. The molecule has 5 N–H and O–H groups in total. The first-order valence-electron chi connectivity index (χ1n) is 34.8. The summed E-state index contributed by atoms with van der Waals surface area (Å²) in [5, 5.41) is 12.2. The van der Waals surface area contributed by atoms with Crippen LogP contribution in [0.4, 0.5) is 0 Å². The molecule has 0 aliphatic carbocycles. The number of phosphoric acid groups is 2. The first-order valence-corrected chi connectivity index (χ1v) is 37.9. The number of carbonyl (C=O) groups is 3. The van der Waals surface area contributed by atoms with Gasteiger partial charge < -0.3 is 67.3 Å². The van der Waals surface area contributed by atoms with Crippen LogP contribution in [0.25, 0.3) is 0 Å². The molecule has 23 heteroatoms. The van der Waals surface area contributed by atoms with Crippen molar-refractivity contribution < 1.29 is 99.9 Å². The predicted octanol–water partition coefficient (Wildman–Crippen LogP) is 14.5. The summed E-state index contributed by atoms with van der Waals surface area (Å²) in [5.74, 6) is -2.10. The maximum Gasteiger partial charge on any atom is 0.472 e. The second-order valence-corrected chi connectivity index (χ2v) is 26.9. The van der Waals surface area contributed by atoms with E-state index in [1.54, 1.807) is 7.11 Å². The lowest BCUT2D eigenvalue weighted by atomic mass is 9.97. The van der Waals surface area contributed by atoms with E-state index in [-0.39, 0.29) is 44.5 Å². The molecule has 2 saturated heterocycles. The van der Waals surface area contributed by atoms with Crippen molar-refractivity contribution in [2.45, 2.75) is 352 Å². The molecule has 11 atom stereocenters. The summed E-state index contributed by atoms with van der Waals surface area (Å²) in [6.45, 7) is 7.68. The average molecular weight is 1320 g/mol. The molecule has 0 spiro atoms. The van der Waals surface area contributed by atoms with Crippen molar-refractivity contribution >= 4 is 33.4 Å². The van der Waals surface area contributed by atoms with Crippen LogP contribution in [0, 0.1) is 0 Å². The molecule has 0 aromatic rings. The van der Waals surface area contributed by atoms with E-state index < -0.39 is 102 Å². The van der Waals surface area contributed by atoms with Gasteiger partial charge in [-0.15, -0.1) is 0 Å². The highest BCUT2D eigenvalue weighted by Crippen LogP contribution is 2.44. The molecule has 0 aromatic carbocycles. The van der Waals surface area contributed by atoms with E-state index in [9.17, 15) is 48.2 Å². The predicted molar refractivity (Wildman–Crippen MR) is 343 cm³/mol. The molecule has 2 rings (SSSR count). The van der Waals surface area contributed by atoms with Crippen LogP contribution in [0.5, 0.6) is 0 Å². The van der Waals surface area contributed by atoms with Gasteiger partial charge in [0.25, 0.3) is 0 Å². The number of methoxy groups -OCH3 is 2. The van der Waals surface area contributed by atoms with Gasteiger partial charge in [-0.25, -0.2) is 9.13 Å². The Morgan fingerprint density at radius 3 is 1.43 bits per heavy atom. The number of Topliss-reactive ketones (excluding diaryl/α,β-unsaturated/α-hetero) is 1. The molecule has 0 saturated carbocycles. The largest absolute Gasteiger partial charge is 0.472 e. The Balaban J connectivity index is 2.45. The lowest BCUT2D eigenvalue weighted by Crippen LogP contribution is -2.64. The van der Waals surface area contributed by atoms with Crippen molar-refractivity contribution in [1.82, 2.24) is 0 Å². The van der Waals surface area contributed by atoms with Crippen molar-refractivity contribution in [2.24, 2.45) is 0 Å². The number of rotatable bonds is 59. The monoisotopic (exact) mass is 1310 g/mol. The highest BCUT2D eigenvalue weighted by molar-refractivity contribution is 7.46. The number of allylic oxidation sites excluding steroid dienone is 2. The van der Waals surface area contributed by atoms with Crippen molar-refractivity contribution in [2.75, 3.05) is 40.6 Å². The van der Waals surface area contributed by atoms with Crippen molar-refractivity contribution in [3.63, 3.8) is 0 Å². The van der Waals surface area contributed by atoms with Gasteiger partial charge in [-0.1, -0.05) is 220 Å². The van der Waals surface area contributed by atoms with Crippen LogP contribution >= 0.6 is 15.6 Å². The Labute approximate surface area is 536 Å². The molecule has 2 aliphatic heterocycles. The number of hydrogen-bond acceptors (Lipinski definition) is 17. The number of aliphatic hydroxyl groups is 1. The first-order chi connectivity index (χ1) is 42.9. The second-order valence-electron chi connectivity index (χ2n) is 24.6. The molecular formula is C66H124O21P2. The molecule has 0 amide bonds. The first kappa shape index (κ1) is 83.3. The summed E-state index contributed by atoms with van der Waals surface area (Å²) in [6.07, 6.45) is 24.4. The van der Waals surface area contributed by atoms with Crippen LogP contribution in [0.2, 0.25) is 0 Å². The summed E-state index contributed by atoms with van der Waals surface area (Å²) in [7, 11) is -7.81. The number of ketones is 1. The summed E-state index contributed by atoms with van der Waals surface area (Å²) in [5.41, 5.74) is 0. The van der Waals surface area contributed by atoms with Gasteiger partial charge in [-0.3, -0.25) is 23.4 Å². The van der Waals surface area contributed by atoms with Crippen LogP contribution in [0.3, 0.4) is 0 Å². The second kappa shape index (κ2) is 52.5. The summed E-state index contributed by atoms with van der Waals surface area (Å²) in [6, 6.07) is 0. The van der Waals surface area contributed by atoms with E-state index in [0.29, 0.717) is 25.7 Å². The lowest BCUT2D eigenvalue weighted by molar-refractivity contribution is -0.330. The SMILES string of the molecule is CCCCCC/C=C\CCCCCCCCCC(=O)O[C@H]1[C@H](OC[C@H]2O[C@H](OP(=O)(O)O)[C@H](OC(=O)CC(=O)CCCCCCCCCCC)[C@@H](OCCCCCCCCCC)[C@@H]2O)O[C@H](COC)[C@@H](OP(=O)(O)O)[C@@H]1OCC[C@@H](CCCCCCC)OC. The highest BCUT2D eigenvalue weighted by Gasteiger charge is 2.55. The van der Waals surface area contributed by atoms with E-state index in [4.69, 9.17) is 51.7 Å². The van der Waals surface area contributed by atoms with Gasteiger partial charge >= 0.3 is 27.6 Å². The molecule has 0 radical (unpaired) electrons. The molecule has 21 nitrogen and oxygen atoms in total. The number of esters is 2. The number of unbranched alkanes of at least 4 members (excludes halogenated alkanes) is 30. The van der Waals surface area contributed by atoms with Crippen LogP contribution < -0.4 is 0 Å². The van der Waals surface area contributed by atoms with Crippen LogP contribution in [-0.4, -0.2) is 151 Å². The van der Waals surface area contributed by atoms with Gasteiger partial charge in [0.2, 0.25) is 6.29 Å². The lowest BCUT2D eigenvalue weighted by Gasteiger charge is -2.46. The van der Waals surface area contributed by atoms with Gasteiger partial charge in [0.05, 0.1) is 19.3 Å². The number of hydrogen-bond donors (Lipinski definition) is 5. The van der Waals surface area contributed by atoms with E-state index in [0.717, 1.165) is 161 Å². The molecular weight excluding hydrogens is 1190 g/mol. The summed E-state index contributed by atoms with van der Waals surface area (Å²) in [4.78, 5) is 81.8. The normalized spacial score (nSPS) is 22.9. The van der Waals surface area contributed by atoms with Crippen molar-refractivity contribution in [3.8, 4) is 0 Å². The zero-order chi connectivity index (χ0) is 65.4. The quantitative estimate of drug-likeness (QED) is 0.0124. The summed E-state index contributed by atoms with van der Waals surface area (Å²) >= 11 is 0. The Hall–Kier alpha value is -1.75. The third-order valence-electron chi connectivity index (χ3n) is 16.6. The third-order valence-corrected chi connectivity index (χ3v) is 17.6. The van der Waals surface area contributed by atoms with Crippen LogP contribution in [0.15, 0.2) is 12.2 Å². The molecule has 89 heavy (non-hydrogen) atoms. The standard InChI is InChI=1S/C66H124O21P2/c1-7-11-15-19-22-25-26-27-28-29-30-32-34-38-42-46-57(68)84-64-62(80-49-47-54(78-6)45-41-36-18-14-10-4)60(86-88(71,72)73)56(51-77-5)83-65(64)81-52-55-59(70)61(79-48-43-39-35-24-21-17-13-9-3)63(66(82-55)87-89(74,75)76)85-58(69)50-53(67)44-40-37-33-31-23-20-16-12-8-2/h25-26,54-56,59-66,70H,7-24,27-52H2,1-6H3,(H2,71,72,73)(H2,74,75,76)/b26-25-/t54-,55-,56-,59-,60-,61+,62+,63-,64-,65-,66-/m1/s1. The van der Waals surface area contributed by atoms with Gasteiger partial charge in [0, 0.05) is 40.3 Å². The Bertz CT molecular complexity index is 1890. The number of phosphoric ester groups is 2. The highest BCUT2D eigenvalue weighted by atomic mass is 31.2. The maximum absolute atomic E-state index is 14.0. The van der Waals surface area contributed by atoms with E-state index >= 15 is 0 Å². The minimum Gasteiger partial charge on any atom is -0.454 e. The Kier molecular flexibility index (Phi) is 49.2. The molecule has 2 heterocycles. The molecule has 0 bridgehead atoms. The molecule has 0 unspecified atom stereocenters. The van der Waals surface area contributed by atoms with E-state index in [1.807, 2.05) is 0 Å². The number of carbonyl (C=O) groups excluding carboxylic acids is 3. The zero-order valence-electron chi connectivity index (χ0n) is 55.8. The van der Waals surface area contributed by atoms with E-state index in [1.165, 1.54) is 58.5 Å². The fraction of sp³-hybridized carbons (Fsp3) is 0.924. The smallest absolute Gasteiger partial charge is 0.454 e. The third kappa shape index (κ3) is 41.0. The van der Waals surface area contributed by atoms with Crippen molar-refractivity contribution in [3.05, 3.63) is 12.2 Å². The summed E-state index contributed by atoms with van der Waals surface area (Å²) < 4.78 is 90.6. The van der Waals surface area contributed by atoms with Gasteiger partial charge in [-0.05, 0) is 57.8 Å². The Morgan fingerprint density at radius 1 is 0.449 bits per heavy atom. The number of aliphatic hydroxyl groups excluding tert-OH is 1. The zero-order valence-corrected chi connectivity index (χ0v) is 57.6. The molecule has 0 aromatic heterocycles. The molecule has 2 aliphatic rings. The van der Waals surface area contributed by atoms with Crippen LogP contribution in [-0.2, 0) is 75.2 Å². The van der Waals surface area contributed by atoms with Gasteiger partial charge in [0.15, 0.2) is 18.5 Å². The van der Waals surface area contributed by atoms with Gasteiger partial charge in [-0.2, -0.15) is 0 Å². The fourth-order valence-corrected chi connectivity index (χ4v) is 12.5.